The molecular weight excluding hydrogens is 440 g/mol. The molecule has 178 valence electrons. The van der Waals surface area contributed by atoms with Gasteiger partial charge in [0.05, 0.1) is 12.2 Å². The van der Waals surface area contributed by atoms with Crippen molar-refractivity contribution in [2.45, 2.75) is 76.7 Å². The predicted molar refractivity (Wildman–Crippen MR) is 126 cm³/mol. The normalized spacial score (nSPS) is 19.8. The Hall–Kier alpha value is -1.08. The topological polar surface area (TPSA) is 80.7 Å². The van der Waals surface area contributed by atoms with E-state index in [9.17, 15) is 19.5 Å². The van der Waals surface area contributed by atoms with Crippen molar-refractivity contribution >= 4 is 40.6 Å². The van der Waals surface area contributed by atoms with Crippen LogP contribution in [-0.2, 0) is 19.1 Å². The standard InChI is InChI=1S/C13H20O2.C9H14O3.C3H5.ClH.Mg/c1-3-9-13(15,10-4-2)11-7-5-6-8-12(11)14;1-2-12-9(11)7-5-3-4-6-8(7)10;1-3-2;;/h3-4,11,15H,1-2,5-10H2;7H,2-6H2,1H3;3H,1-2H2;1H;/q;;-1;;+2/p-1. The Morgan fingerprint density at radius 2 is 1.53 bits per heavy atom. The molecule has 5 nitrogen and oxygen atoms in total. The molecule has 2 saturated carbocycles. The fraction of sp³-hybridized carbons (Fsp3) is 0.600. The second-order valence-corrected chi connectivity index (χ2v) is 7.66. The van der Waals surface area contributed by atoms with Crippen molar-refractivity contribution in [3.05, 3.63) is 44.9 Å². The van der Waals surface area contributed by atoms with Crippen molar-refractivity contribution in [3.8, 4) is 0 Å². The third-order valence-electron chi connectivity index (χ3n) is 5.32. The summed E-state index contributed by atoms with van der Waals surface area (Å²) in [5.41, 5.74) is -0.943. The van der Waals surface area contributed by atoms with Gasteiger partial charge in [0.1, 0.15) is 17.5 Å². The van der Waals surface area contributed by atoms with E-state index >= 15 is 0 Å². The monoisotopic (exact) mass is 478 g/mol. The van der Waals surface area contributed by atoms with Crippen LogP contribution in [0.3, 0.4) is 0 Å². The quantitative estimate of drug-likeness (QED) is 0.197. The molecule has 0 aromatic rings. The summed E-state index contributed by atoms with van der Waals surface area (Å²) in [6.07, 6.45) is 12.3. The first-order chi connectivity index (χ1) is 14.3. The molecule has 2 atom stereocenters. The average Bonchev–Trinajstić information content (AvgIpc) is 2.70. The van der Waals surface area contributed by atoms with Crippen molar-refractivity contribution in [2.75, 3.05) is 6.61 Å². The number of hydrogen-bond acceptors (Lipinski definition) is 5. The van der Waals surface area contributed by atoms with Crippen LogP contribution in [0.5, 0.6) is 0 Å². The first-order valence-corrected chi connectivity index (χ1v) is 10.9. The molecule has 0 radical (unpaired) electrons. The Morgan fingerprint density at radius 1 is 1.06 bits per heavy atom. The zero-order valence-corrected chi connectivity index (χ0v) is 21.8. The maximum absolute atomic E-state index is 11.8. The Labute approximate surface area is 216 Å². The van der Waals surface area contributed by atoms with Gasteiger partial charge in [0.2, 0.25) is 0 Å². The molecule has 0 amide bonds. The van der Waals surface area contributed by atoms with Crippen molar-refractivity contribution < 1.29 is 36.6 Å². The van der Waals surface area contributed by atoms with Gasteiger partial charge in [0.25, 0.3) is 0 Å². The molecule has 0 aromatic carbocycles. The van der Waals surface area contributed by atoms with E-state index in [-0.39, 0.29) is 58.9 Å². The van der Waals surface area contributed by atoms with Gasteiger partial charge in [-0.1, -0.05) is 25.0 Å². The van der Waals surface area contributed by atoms with Crippen molar-refractivity contribution in [3.63, 3.8) is 0 Å². The van der Waals surface area contributed by atoms with Gasteiger partial charge in [-0.2, -0.15) is 0 Å². The number of ether oxygens (including phenoxy) is 1. The van der Waals surface area contributed by atoms with Crippen molar-refractivity contribution in [1.29, 1.82) is 0 Å². The third kappa shape index (κ3) is 12.8. The van der Waals surface area contributed by atoms with Crippen LogP contribution in [-0.4, -0.2) is 57.9 Å². The number of Topliss-reactive ketones (excluding diaryl/α,β-unsaturated/α-hetero) is 2. The Kier molecular flexibility index (Phi) is 22.8. The second kappa shape index (κ2) is 20.5. The first kappa shape index (κ1) is 35.5. The zero-order valence-electron chi connectivity index (χ0n) is 19.7. The molecule has 7 heteroatoms. The van der Waals surface area contributed by atoms with E-state index in [1.807, 2.05) is 0 Å². The number of ketones is 2. The van der Waals surface area contributed by atoms with Crippen LogP contribution >= 0.6 is 0 Å². The number of carbonyl (C=O) groups excluding carboxylic acids is 3. The minimum atomic E-state index is -0.943. The van der Waals surface area contributed by atoms with Gasteiger partial charge < -0.3 is 22.3 Å². The van der Waals surface area contributed by atoms with E-state index in [4.69, 9.17) is 4.74 Å². The summed E-state index contributed by atoms with van der Waals surface area (Å²) in [7, 11) is 0. The molecule has 0 aromatic heterocycles. The van der Waals surface area contributed by atoms with E-state index < -0.39 is 11.5 Å². The molecule has 0 spiro atoms. The van der Waals surface area contributed by atoms with Crippen LogP contribution in [0, 0.1) is 18.8 Å². The molecule has 2 fully saturated rings. The fourth-order valence-corrected chi connectivity index (χ4v) is 3.89. The summed E-state index contributed by atoms with van der Waals surface area (Å²) in [5.74, 6) is -0.754. The third-order valence-corrected chi connectivity index (χ3v) is 5.32. The molecule has 2 aliphatic rings. The van der Waals surface area contributed by atoms with Crippen LogP contribution in [0.15, 0.2) is 38.0 Å². The van der Waals surface area contributed by atoms with Crippen LogP contribution in [0.25, 0.3) is 0 Å². The van der Waals surface area contributed by atoms with E-state index in [0.717, 1.165) is 32.1 Å². The van der Waals surface area contributed by atoms with Crippen molar-refractivity contribution in [2.24, 2.45) is 11.8 Å². The van der Waals surface area contributed by atoms with Crippen LogP contribution in [0.4, 0.5) is 0 Å². The molecule has 32 heavy (non-hydrogen) atoms. The Balaban J connectivity index is -0.000000450. The fourth-order valence-electron chi connectivity index (χ4n) is 3.89. The van der Waals surface area contributed by atoms with Gasteiger partial charge >= 0.3 is 29.0 Å². The van der Waals surface area contributed by atoms with Crippen LogP contribution in [0.1, 0.15) is 71.1 Å². The average molecular weight is 479 g/mol. The van der Waals surface area contributed by atoms with Crippen LogP contribution < -0.4 is 12.4 Å². The maximum atomic E-state index is 11.8. The summed E-state index contributed by atoms with van der Waals surface area (Å²) in [4.78, 5) is 34.1. The molecular formula is C25H39ClMgO5. The summed E-state index contributed by atoms with van der Waals surface area (Å²) in [6, 6.07) is 0. The van der Waals surface area contributed by atoms with E-state index in [0.29, 0.717) is 38.7 Å². The first-order valence-electron chi connectivity index (χ1n) is 10.9. The van der Waals surface area contributed by atoms with Gasteiger partial charge in [-0.05, 0) is 45.4 Å². The maximum Gasteiger partial charge on any atom is 2.00 e. The Bertz CT molecular complexity index is 581. The molecule has 0 saturated heterocycles. The van der Waals surface area contributed by atoms with E-state index in [2.05, 4.69) is 26.7 Å². The van der Waals surface area contributed by atoms with E-state index in [1.54, 1.807) is 19.1 Å². The molecule has 0 heterocycles. The van der Waals surface area contributed by atoms with E-state index in [1.165, 1.54) is 6.08 Å². The van der Waals surface area contributed by atoms with Gasteiger partial charge in [0.15, 0.2) is 0 Å². The molecule has 1 N–H and O–H groups in total. The summed E-state index contributed by atoms with van der Waals surface area (Å²) < 4.78 is 4.79. The Morgan fingerprint density at radius 3 is 1.94 bits per heavy atom. The number of rotatable bonds is 7. The zero-order chi connectivity index (χ0) is 23.0. The number of hydrogen-bond donors (Lipinski definition) is 1. The number of esters is 1. The molecule has 2 unspecified atom stereocenters. The number of halogens is 1. The predicted octanol–water partition coefficient (Wildman–Crippen LogP) is 1.57. The second-order valence-electron chi connectivity index (χ2n) is 7.66. The SMILES string of the molecule is C=CCC(O)(CC=C)C1CCCCC1=O.C=C[CH2-].CCOC(=O)C1CCCCC1=O.[Cl-].[Mg+2]. The van der Waals surface area contributed by atoms with Crippen LogP contribution in [0.2, 0.25) is 0 Å². The smallest absolute Gasteiger partial charge is 1.00 e. The number of aliphatic hydroxyl groups is 1. The number of allylic oxidation sites excluding steroid dienone is 1. The summed E-state index contributed by atoms with van der Waals surface area (Å²) >= 11 is 0. The molecule has 0 bridgehead atoms. The number of carbonyl (C=O) groups is 3. The molecule has 2 rings (SSSR count). The molecule has 0 aliphatic heterocycles. The van der Waals surface area contributed by atoms with Gasteiger partial charge in [-0.25, -0.2) is 19.6 Å². The molecule has 2 aliphatic carbocycles. The largest absolute Gasteiger partial charge is 2.00 e. The summed E-state index contributed by atoms with van der Waals surface area (Å²) in [5, 5.41) is 10.4. The van der Waals surface area contributed by atoms with Gasteiger partial charge in [-0.3, -0.25) is 14.4 Å². The van der Waals surface area contributed by atoms with Crippen molar-refractivity contribution in [1.82, 2.24) is 0 Å². The minimum Gasteiger partial charge on any atom is -1.00 e. The van der Waals surface area contributed by atoms with Gasteiger partial charge in [-0.15, -0.1) is 13.2 Å². The minimum absolute atomic E-state index is 0. The summed E-state index contributed by atoms with van der Waals surface area (Å²) in [6.45, 7) is 15.9. The van der Waals surface area contributed by atoms with Gasteiger partial charge in [0, 0.05) is 18.8 Å².